The highest BCUT2D eigenvalue weighted by atomic mass is 32.1. The number of benzene rings is 1. The van der Waals surface area contributed by atoms with Gasteiger partial charge in [-0.2, -0.15) is 0 Å². The number of fused-ring (bicyclic) bond motifs is 1. The molecule has 1 aromatic carbocycles. The standard InChI is InChI=1S/C19H24O5S/c1-11(2)23-19(20)18-17(24-13-5-7-22-8-6-13)14-10-15(21-4)12(3)9-16(14)25-18/h9-11,13H,5-8H2,1-4H3. The van der Waals surface area contributed by atoms with Gasteiger partial charge in [-0.1, -0.05) is 0 Å². The molecule has 0 aliphatic carbocycles. The zero-order valence-corrected chi connectivity index (χ0v) is 15.9. The first-order valence-corrected chi connectivity index (χ1v) is 9.37. The monoisotopic (exact) mass is 364 g/mol. The van der Waals surface area contributed by atoms with Gasteiger partial charge in [-0.15, -0.1) is 11.3 Å². The molecule has 2 heterocycles. The number of ether oxygens (including phenoxy) is 4. The molecule has 0 spiro atoms. The second-order valence-corrected chi connectivity index (χ2v) is 7.51. The summed E-state index contributed by atoms with van der Waals surface area (Å²) in [6.45, 7) is 7.04. The van der Waals surface area contributed by atoms with Crippen LogP contribution in [-0.2, 0) is 9.47 Å². The van der Waals surface area contributed by atoms with E-state index >= 15 is 0 Å². The molecule has 0 N–H and O–H groups in total. The first-order chi connectivity index (χ1) is 12.0. The quantitative estimate of drug-likeness (QED) is 0.739. The van der Waals surface area contributed by atoms with Crippen LogP contribution in [0.4, 0.5) is 0 Å². The Morgan fingerprint density at radius 3 is 2.64 bits per heavy atom. The van der Waals surface area contributed by atoms with Crippen LogP contribution in [0.2, 0.25) is 0 Å². The van der Waals surface area contributed by atoms with Crippen molar-refractivity contribution in [2.75, 3.05) is 20.3 Å². The minimum absolute atomic E-state index is 0.0458. The summed E-state index contributed by atoms with van der Waals surface area (Å²) in [6.07, 6.45) is 1.51. The fraction of sp³-hybridized carbons (Fsp3) is 0.526. The molecule has 6 heteroatoms. The van der Waals surface area contributed by atoms with Gasteiger partial charge in [-0.3, -0.25) is 0 Å². The average Bonchev–Trinajstić information content (AvgIpc) is 2.92. The van der Waals surface area contributed by atoms with E-state index in [9.17, 15) is 4.79 Å². The van der Waals surface area contributed by atoms with Crippen LogP contribution >= 0.6 is 11.3 Å². The molecule has 0 amide bonds. The summed E-state index contributed by atoms with van der Waals surface area (Å²) >= 11 is 1.41. The van der Waals surface area contributed by atoms with Crippen molar-refractivity contribution in [3.63, 3.8) is 0 Å². The molecule has 0 atom stereocenters. The van der Waals surface area contributed by atoms with Crippen LogP contribution in [0.25, 0.3) is 10.1 Å². The minimum atomic E-state index is -0.338. The van der Waals surface area contributed by atoms with Crippen molar-refractivity contribution in [1.29, 1.82) is 0 Å². The molecule has 1 fully saturated rings. The normalized spacial score (nSPS) is 15.6. The van der Waals surface area contributed by atoms with Gasteiger partial charge in [0.25, 0.3) is 0 Å². The number of esters is 1. The van der Waals surface area contributed by atoms with Gasteiger partial charge < -0.3 is 18.9 Å². The molecule has 1 aliphatic heterocycles. The molecule has 0 bridgehead atoms. The number of hydrogen-bond donors (Lipinski definition) is 0. The summed E-state index contributed by atoms with van der Waals surface area (Å²) in [6, 6.07) is 3.98. The third-order valence-electron chi connectivity index (χ3n) is 4.14. The maximum atomic E-state index is 12.6. The molecule has 0 radical (unpaired) electrons. The second kappa shape index (κ2) is 7.62. The Morgan fingerprint density at radius 1 is 1.28 bits per heavy atom. The van der Waals surface area contributed by atoms with Crippen LogP contribution in [0, 0.1) is 6.92 Å². The average molecular weight is 364 g/mol. The van der Waals surface area contributed by atoms with Gasteiger partial charge in [0.1, 0.15) is 11.9 Å². The van der Waals surface area contributed by atoms with E-state index in [2.05, 4.69) is 0 Å². The van der Waals surface area contributed by atoms with Crippen LogP contribution in [0.3, 0.4) is 0 Å². The van der Waals surface area contributed by atoms with E-state index < -0.39 is 0 Å². The molecular weight excluding hydrogens is 340 g/mol. The summed E-state index contributed by atoms with van der Waals surface area (Å²) in [5, 5.41) is 0.898. The maximum Gasteiger partial charge on any atom is 0.352 e. The van der Waals surface area contributed by atoms with Crippen LogP contribution < -0.4 is 9.47 Å². The molecule has 1 aromatic heterocycles. The Labute approximate surface area is 151 Å². The lowest BCUT2D eigenvalue weighted by atomic mass is 10.1. The van der Waals surface area contributed by atoms with Gasteiger partial charge >= 0.3 is 5.97 Å². The zero-order chi connectivity index (χ0) is 18.0. The number of thiophene rings is 1. The lowest BCUT2D eigenvalue weighted by molar-refractivity contribution is 0.0241. The largest absolute Gasteiger partial charge is 0.496 e. The van der Waals surface area contributed by atoms with E-state index in [1.54, 1.807) is 7.11 Å². The SMILES string of the molecule is COc1cc2c(OC3CCOCC3)c(C(=O)OC(C)C)sc2cc1C. The highest BCUT2D eigenvalue weighted by Crippen LogP contribution is 2.42. The van der Waals surface area contributed by atoms with Crippen LogP contribution in [0.15, 0.2) is 12.1 Å². The van der Waals surface area contributed by atoms with Crippen molar-refractivity contribution in [2.45, 2.75) is 45.8 Å². The lowest BCUT2D eigenvalue weighted by Gasteiger charge is -2.23. The van der Waals surface area contributed by atoms with E-state index in [-0.39, 0.29) is 18.2 Å². The van der Waals surface area contributed by atoms with Gasteiger partial charge in [-0.05, 0) is 38.5 Å². The van der Waals surface area contributed by atoms with Crippen LogP contribution in [0.1, 0.15) is 41.9 Å². The predicted molar refractivity (Wildman–Crippen MR) is 98.1 cm³/mol. The number of methoxy groups -OCH3 is 1. The first-order valence-electron chi connectivity index (χ1n) is 8.56. The molecule has 1 saturated heterocycles. The van der Waals surface area contributed by atoms with Crippen molar-refractivity contribution in [1.82, 2.24) is 0 Å². The third kappa shape index (κ3) is 3.90. The van der Waals surface area contributed by atoms with Crippen molar-refractivity contribution in [2.24, 2.45) is 0 Å². The van der Waals surface area contributed by atoms with Crippen molar-refractivity contribution >= 4 is 27.4 Å². The number of rotatable bonds is 5. The van der Waals surface area contributed by atoms with Crippen molar-refractivity contribution < 1.29 is 23.7 Å². The van der Waals surface area contributed by atoms with Crippen LogP contribution in [-0.4, -0.2) is 38.5 Å². The number of aryl methyl sites for hydroxylation is 1. The highest BCUT2D eigenvalue weighted by Gasteiger charge is 2.26. The van der Waals surface area contributed by atoms with Gasteiger partial charge in [0.05, 0.1) is 26.4 Å². The summed E-state index contributed by atoms with van der Waals surface area (Å²) in [4.78, 5) is 13.1. The molecule has 0 saturated carbocycles. The molecule has 136 valence electrons. The highest BCUT2D eigenvalue weighted by molar-refractivity contribution is 7.21. The molecule has 25 heavy (non-hydrogen) atoms. The molecule has 5 nitrogen and oxygen atoms in total. The number of carbonyl (C=O) groups excluding carboxylic acids is 1. The first kappa shape index (κ1) is 18.0. The van der Waals surface area contributed by atoms with Gasteiger partial charge in [0.15, 0.2) is 10.6 Å². The maximum absolute atomic E-state index is 12.6. The summed E-state index contributed by atoms with van der Waals surface area (Å²) in [7, 11) is 1.65. The Kier molecular flexibility index (Phi) is 5.49. The van der Waals surface area contributed by atoms with E-state index in [1.807, 2.05) is 32.9 Å². The smallest absolute Gasteiger partial charge is 0.352 e. The Bertz CT molecular complexity index is 759. The number of hydrogen-bond acceptors (Lipinski definition) is 6. The Balaban J connectivity index is 2.05. The Hall–Kier alpha value is -1.79. The van der Waals surface area contributed by atoms with Crippen molar-refractivity contribution in [3.05, 3.63) is 22.6 Å². The lowest BCUT2D eigenvalue weighted by Crippen LogP contribution is -2.26. The van der Waals surface area contributed by atoms with E-state index in [0.29, 0.717) is 23.8 Å². The summed E-state index contributed by atoms with van der Waals surface area (Å²) in [5.41, 5.74) is 1.03. The second-order valence-electron chi connectivity index (χ2n) is 6.46. The van der Waals surface area contributed by atoms with E-state index in [4.69, 9.17) is 18.9 Å². The summed E-state index contributed by atoms with van der Waals surface area (Å²) < 4.78 is 23.5. The van der Waals surface area contributed by atoms with Crippen molar-refractivity contribution in [3.8, 4) is 11.5 Å². The van der Waals surface area contributed by atoms with Crippen LogP contribution in [0.5, 0.6) is 11.5 Å². The molecule has 0 unspecified atom stereocenters. The fourth-order valence-corrected chi connectivity index (χ4v) is 4.00. The van der Waals surface area contributed by atoms with Gasteiger partial charge in [0, 0.05) is 22.9 Å². The zero-order valence-electron chi connectivity index (χ0n) is 15.1. The van der Waals surface area contributed by atoms with Gasteiger partial charge in [0.2, 0.25) is 0 Å². The number of carbonyl (C=O) groups is 1. The van der Waals surface area contributed by atoms with E-state index in [0.717, 1.165) is 34.2 Å². The Morgan fingerprint density at radius 2 is 2.00 bits per heavy atom. The fourth-order valence-electron chi connectivity index (χ4n) is 2.90. The minimum Gasteiger partial charge on any atom is -0.496 e. The molecule has 3 rings (SSSR count). The molecule has 2 aromatic rings. The van der Waals surface area contributed by atoms with E-state index in [1.165, 1.54) is 11.3 Å². The molecule has 1 aliphatic rings. The molecular formula is C19H24O5S. The summed E-state index contributed by atoms with van der Waals surface area (Å²) in [5.74, 6) is 1.05. The third-order valence-corrected chi connectivity index (χ3v) is 5.25. The predicted octanol–water partition coefficient (Wildman–Crippen LogP) is 4.34. The topological polar surface area (TPSA) is 54.0 Å². The van der Waals surface area contributed by atoms with Gasteiger partial charge in [-0.25, -0.2) is 4.79 Å².